The average Bonchev–Trinajstić information content (AvgIpc) is 3.71. The molecule has 4 N–H and O–H groups in total. The number of aliphatic hydroxyl groups is 2. The first-order valence-electron chi connectivity index (χ1n) is 13.0. The summed E-state index contributed by atoms with van der Waals surface area (Å²) in [5.41, 5.74) is 0.562. The number of rotatable bonds is 14. The van der Waals surface area contributed by atoms with E-state index in [1.54, 1.807) is 7.11 Å². The number of aryl methyl sites for hydroxylation is 1. The van der Waals surface area contributed by atoms with E-state index in [9.17, 15) is 24.6 Å². The molecule has 212 valence electrons. The molecule has 3 rings (SSSR count). The molecule has 1 aliphatic heterocycles. The fourth-order valence-corrected chi connectivity index (χ4v) is 4.87. The van der Waals surface area contributed by atoms with Crippen LogP contribution in [0.4, 0.5) is 0 Å². The van der Waals surface area contributed by atoms with E-state index < -0.39 is 48.5 Å². The number of benzene rings is 1. The molecule has 1 heterocycles. The van der Waals surface area contributed by atoms with Gasteiger partial charge in [0.1, 0.15) is 6.04 Å². The highest BCUT2D eigenvalue weighted by molar-refractivity contribution is 5.98. The van der Waals surface area contributed by atoms with Gasteiger partial charge >= 0.3 is 0 Å². The van der Waals surface area contributed by atoms with Crippen molar-refractivity contribution in [3.63, 3.8) is 0 Å². The molecule has 0 bridgehead atoms. The number of nitrogens with one attached hydrogen (secondary N) is 2. The molecular weight excluding hydrogens is 496 g/mol. The summed E-state index contributed by atoms with van der Waals surface area (Å²) in [4.78, 5) is 39.2. The second-order valence-corrected chi connectivity index (χ2v) is 10.2. The Morgan fingerprint density at radius 2 is 1.84 bits per heavy atom. The maximum Gasteiger partial charge on any atom is 0.245 e. The molecule has 11 nitrogen and oxygen atoms in total. The first kappa shape index (κ1) is 29.7. The van der Waals surface area contributed by atoms with Gasteiger partial charge in [-0.3, -0.25) is 14.4 Å². The van der Waals surface area contributed by atoms with Crippen molar-refractivity contribution in [3.8, 4) is 17.2 Å². The Hall–Kier alpha value is -2.89. The maximum absolute atomic E-state index is 13.2. The van der Waals surface area contributed by atoms with Gasteiger partial charge in [0.15, 0.2) is 22.9 Å². The number of hydrogen-bond donors (Lipinski definition) is 4. The minimum Gasteiger partial charge on any atom is -0.493 e. The summed E-state index contributed by atoms with van der Waals surface area (Å²) >= 11 is 0. The van der Waals surface area contributed by atoms with Gasteiger partial charge in [-0.2, -0.15) is 0 Å². The van der Waals surface area contributed by atoms with Crippen molar-refractivity contribution >= 4 is 17.6 Å². The number of carbonyl (C=O) groups excluding carboxylic acids is 3. The summed E-state index contributed by atoms with van der Waals surface area (Å²) in [6.07, 6.45) is 1.82. The van der Waals surface area contributed by atoms with Crippen LogP contribution in [0.2, 0.25) is 0 Å². The Bertz CT molecular complexity index is 1020. The Labute approximate surface area is 223 Å². The normalized spacial score (nSPS) is 21.6. The molecule has 1 saturated heterocycles. The average molecular weight is 537 g/mol. The van der Waals surface area contributed by atoms with Gasteiger partial charge in [0.25, 0.3) is 0 Å². The molecule has 1 fully saturated rings. The first-order chi connectivity index (χ1) is 18.1. The van der Waals surface area contributed by atoms with Crippen molar-refractivity contribution in [2.24, 2.45) is 11.8 Å². The predicted octanol–water partition coefficient (Wildman–Crippen LogP) is 0.546. The van der Waals surface area contributed by atoms with E-state index in [1.807, 2.05) is 26.8 Å². The number of Topliss-reactive ketones (excluding diaryl/α,β-unsaturated/α-hetero) is 1. The third kappa shape index (κ3) is 6.39. The smallest absolute Gasteiger partial charge is 0.245 e. The molecule has 2 amide bonds. The highest BCUT2D eigenvalue weighted by Gasteiger charge is 2.54. The fraction of sp³-hybridized carbons (Fsp3) is 0.667. The molecule has 2 aliphatic rings. The van der Waals surface area contributed by atoms with E-state index in [0.29, 0.717) is 49.5 Å². The van der Waals surface area contributed by atoms with Gasteiger partial charge in [0, 0.05) is 11.5 Å². The summed E-state index contributed by atoms with van der Waals surface area (Å²) in [5, 5.41) is 24.8. The molecule has 1 unspecified atom stereocenters. The number of epoxide rings is 1. The molecule has 0 saturated carbocycles. The first-order valence-corrected chi connectivity index (χ1v) is 13.0. The number of hydrogen-bond acceptors (Lipinski definition) is 9. The van der Waals surface area contributed by atoms with Crippen molar-refractivity contribution in [1.29, 1.82) is 0 Å². The van der Waals surface area contributed by atoms with E-state index in [2.05, 4.69) is 10.6 Å². The van der Waals surface area contributed by atoms with Gasteiger partial charge in [-0.15, -0.1) is 0 Å². The van der Waals surface area contributed by atoms with Crippen LogP contribution in [-0.2, 0) is 32.0 Å². The zero-order chi connectivity index (χ0) is 28.0. The number of fused-ring (bicyclic) bond motifs is 1. The number of amides is 2. The Kier molecular flexibility index (Phi) is 9.97. The van der Waals surface area contributed by atoms with Crippen LogP contribution in [0.5, 0.6) is 17.2 Å². The second kappa shape index (κ2) is 12.8. The summed E-state index contributed by atoms with van der Waals surface area (Å²) in [7, 11) is 3.08. The summed E-state index contributed by atoms with van der Waals surface area (Å²) in [6.45, 7) is 5.05. The Balaban J connectivity index is 1.73. The molecule has 11 heteroatoms. The lowest BCUT2D eigenvalue weighted by Crippen LogP contribution is -2.56. The molecule has 1 aromatic carbocycles. The van der Waals surface area contributed by atoms with Crippen LogP contribution >= 0.6 is 0 Å². The third-order valence-electron chi connectivity index (χ3n) is 7.05. The van der Waals surface area contributed by atoms with E-state index in [-0.39, 0.29) is 18.4 Å². The van der Waals surface area contributed by atoms with Crippen LogP contribution in [0.15, 0.2) is 6.07 Å². The van der Waals surface area contributed by atoms with Gasteiger partial charge in [-0.05, 0) is 50.2 Å². The lowest BCUT2D eigenvalue weighted by atomic mass is 9.82. The molecular formula is C27H40N2O9. The Morgan fingerprint density at radius 1 is 1.13 bits per heavy atom. The van der Waals surface area contributed by atoms with Crippen molar-refractivity contribution in [1.82, 2.24) is 10.6 Å². The molecule has 1 aromatic rings. The largest absolute Gasteiger partial charge is 0.493 e. The van der Waals surface area contributed by atoms with E-state index in [1.165, 1.54) is 7.11 Å². The van der Waals surface area contributed by atoms with Gasteiger partial charge in [-0.25, -0.2) is 0 Å². The lowest BCUT2D eigenvalue weighted by Gasteiger charge is -2.29. The summed E-state index contributed by atoms with van der Waals surface area (Å²) in [6, 6.07) is -0.266. The van der Waals surface area contributed by atoms with Crippen molar-refractivity contribution in [2.75, 3.05) is 40.6 Å². The Morgan fingerprint density at radius 3 is 2.37 bits per heavy atom. The minimum absolute atomic E-state index is 0.0679. The molecule has 0 spiro atoms. The standard InChI is InChI=1S/C27H40N2O9/c1-6-37-22-18-10-17(8-7-16(18)11-21(35-4)23(22)36-5)25(33)29-20(12-30)26(34)28-19(9-15(2)3)24(32)27(13-31)14-38-27/h11,15,17,19-20,30-31H,6-10,12-14H2,1-5H3,(H,28,34)(H,29,33)/t17?,19-,20-,27+/m0/s1. The van der Waals surface area contributed by atoms with Crippen LogP contribution in [0.25, 0.3) is 0 Å². The van der Waals surface area contributed by atoms with Crippen LogP contribution in [0, 0.1) is 11.8 Å². The number of ketones is 1. The summed E-state index contributed by atoms with van der Waals surface area (Å²) in [5.74, 6) is -0.319. The molecule has 38 heavy (non-hydrogen) atoms. The lowest BCUT2D eigenvalue weighted by molar-refractivity contribution is -0.135. The molecule has 0 aromatic heterocycles. The third-order valence-corrected chi connectivity index (χ3v) is 7.05. The number of carbonyl (C=O) groups is 3. The molecule has 4 atom stereocenters. The number of methoxy groups -OCH3 is 2. The highest BCUT2D eigenvalue weighted by Crippen LogP contribution is 2.45. The minimum atomic E-state index is -1.29. The van der Waals surface area contributed by atoms with Crippen LogP contribution in [0.3, 0.4) is 0 Å². The van der Waals surface area contributed by atoms with E-state index in [4.69, 9.17) is 18.9 Å². The van der Waals surface area contributed by atoms with Crippen LogP contribution < -0.4 is 24.8 Å². The summed E-state index contributed by atoms with van der Waals surface area (Å²) < 4.78 is 22.0. The monoisotopic (exact) mass is 536 g/mol. The van der Waals surface area contributed by atoms with Gasteiger partial charge < -0.3 is 39.8 Å². The maximum atomic E-state index is 13.2. The van der Waals surface area contributed by atoms with Crippen molar-refractivity contribution < 1.29 is 43.5 Å². The van der Waals surface area contributed by atoms with Gasteiger partial charge in [0.2, 0.25) is 17.6 Å². The molecule has 0 radical (unpaired) electrons. The number of aliphatic hydroxyl groups excluding tert-OH is 2. The van der Waals surface area contributed by atoms with Gasteiger partial charge in [0.05, 0.1) is 46.7 Å². The van der Waals surface area contributed by atoms with Gasteiger partial charge in [-0.1, -0.05) is 13.8 Å². The van der Waals surface area contributed by atoms with Crippen LogP contribution in [0.1, 0.15) is 44.7 Å². The second-order valence-electron chi connectivity index (χ2n) is 10.2. The SMILES string of the molecule is CCOc1c2c(cc(OC)c1OC)CCC(C(=O)N[C@@H](CO)C(=O)N[C@@H](CC(C)C)C(=O)[C@@]1(CO)CO1)C2. The zero-order valence-corrected chi connectivity index (χ0v) is 22.8. The molecule has 1 aliphatic carbocycles. The van der Waals surface area contributed by atoms with Crippen molar-refractivity contribution in [3.05, 3.63) is 17.2 Å². The fourth-order valence-electron chi connectivity index (χ4n) is 4.87. The van der Waals surface area contributed by atoms with E-state index >= 15 is 0 Å². The van der Waals surface area contributed by atoms with E-state index in [0.717, 1.165) is 11.1 Å². The quantitative estimate of drug-likeness (QED) is 0.249. The number of ether oxygens (including phenoxy) is 4. The van der Waals surface area contributed by atoms with Crippen molar-refractivity contribution in [2.45, 2.75) is 64.1 Å². The highest BCUT2D eigenvalue weighted by atomic mass is 16.6. The van der Waals surface area contributed by atoms with Crippen LogP contribution in [-0.4, -0.2) is 86.1 Å². The predicted molar refractivity (Wildman–Crippen MR) is 137 cm³/mol. The zero-order valence-electron chi connectivity index (χ0n) is 22.8. The topological polar surface area (TPSA) is 156 Å².